The van der Waals surface area contributed by atoms with Gasteiger partial charge in [0, 0.05) is 18.5 Å². The van der Waals surface area contributed by atoms with Crippen molar-refractivity contribution in [1.82, 2.24) is 14.8 Å². The third-order valence-electron chi connectivity index (χ3n) is 3.05. The highest BCUT2D eigenvalue weighted by Gasteiger charge is 2.09. The first-order valence-electron chi connectivity index (χ1n) is 6.73. The minimum absolute atomic E-state index is 0.0386. The Balaban J connectivity index is 1.68. The Labute approximate surface area is 126 Å². The molecule has 3 aromatic rings. The SMILES string of the molecule is O=C(Cc1ccccc1F)Nc1ccn(-c2ccccn2)n1. The third-order valence-corrected chi connectivity index (χ3v) is 3.05. The second-order valence-corrected chi connectivity index (χ2v) is 4.65. The van der Waals surface area contributed by atoms with Crippen LogP contribution in [0.15, 0.2) is 60.9 Å². The number of hydrogen-bond donors (Lipinski definition) is 1. The number of carbonyl (C=O) groups excluding carboxylic acids is 1. The number of halogens is 1. The normalized spacial score (nSPS) is 10.4. The zero-order valence-electron chi connectivity index (χ0n) is 11.6. The van der Waals surface area contributed by atoms with Crippen LogP contribution in [0.3, 0.4) is 0 Å². The maximum absolute atomic E-state index is 13.5. The van der Waals surface area contributed by atoms with E-state index in [0.29, 0.717) is 17.2 Å². The van der Waals surface area contributed by atoms with Gasteiger partial charge in [0.1, 0.15) is 5.82 Å². The second-order valence-electron chi connectivity index (χ2n) is 4.65. The number of aromatic nitrogens is 3. The predicted molar refractivity (Wildman–Crippen MR) is 80.1 cm³/mol. The largest absolute Gasteiger partial charge is 0.309 e. The van der Waals surface area contributed by atoms with E-state index in [9.17, 15) is 9.18 Å². The highest BCUT2D eigenvalue weighted by atomic mass is 19.1. The lowest BCUT2D eigenvalue weighted by Gasteiger charge is -2.03. The standard InChI is InChI=1S/C16H13FN4O/c17-13-6-2-1-5-12(13)11-16(22)19-14-8-10-21(20-14)15-7-3-4-9-18-15/h1-10H,11H2,(H,19,20,22). The molecule has 0 aliphatic rings. The molecule has 2 aromatic heterocycles. The van der Waals surface area contributed by atoms with Gasteiger partial charge in [-0.15, -0.1) is 5.10 Å². The molecule has 0 saturated heterocycles. The Morgan fingerprint density at radius 3 is 2.73 bits per heavy atom. The zero-order chi connectivity index (χ0) is 15.4. The molecule has 6 heteroatoms. The topological polar surface area (TPSA) is 59.8 Å². The number of nitrogens with zero attached hydrogens (tertiary/aromatic N) is 3. The molecule has 0 fully saturated rings. The van der Waals surface area contributed by atoms with E-state index in [1.54, 1.807) is 47.4 Å². The van der Waals surface area contributed by atoms with E-state index < -0.39 is 5.82 Å². The number of carbonyl (C=O) groups is 1. The number of nitrogens with one attached hydrogen (secondary N) is 1. The highest BCUT2D eigenvalue weighted by molar-refractivity contribution is 5.91. The summed E-state index contributed by atoms with van der Waals surface area (Å²) in [5, 5.41) is 6.86. The first kappa shape index (κ1) is 13.9. The Kier molecular flexibility index (Phi) is 3.91. The van der Waals surface area contributed by atoms with E-state index in [1.807, 2.05) is 12.1 Å². The molecule has 3 rings (SSSR count). The summed E-state index contributed by atoms with van der Waals surface area (Å²) in [6.45, 7) is 0. The van der Waals surface area contributed by atoms with Crippen molar-refractivity contribution in [2.24, 2.45) is 0 Å². The van der Waals surface area contributed by atoms with Crippen LogP contribution in [-0.2, 0) is 11.2 Å². The Bertz CT molecular complexity index is 786. The molecular formula is C16H13FN4O. The molecule has 1 amide bonds. The molecule has 5 nitrogen and oxygen atoms in total. The molecule has 1 N–H and O–H groups in total. The van der Waals surface area contributed by atoms with E-state index >= 15 is 0 Å². The Hall–Kier alpha value is -3.02. The van der Waals surface area contributed by atoms with Crippen LogP contribution >= 0.6 is 0 Å². The average Bonchev–Trinajstić information content (AvgIpc) is 2.99. The summed E-state index contributed by atoms with van der Waals surface area (Å²) in [6, 6.07) is 13.3. The number of benzene rings is 1. The van der Waals surface area contributed by atoms with Crippen molar-refractivity contribution >= 4 is 11.7 Å². The lowest BCUT2D eigenvalue weighted by Crippen LogP contribution is -2.15. The average molecular weight is 296 g/mol. The van der Waals surface area contributed by atoms with E-state index in [2.05, 4.69) is 15.4 Å². The number of amides is 1. The number of rotatable bonds is 4. The minimum Gasteiger partial charge on any atom is -0.309 e. The van der Waals surface area contributed by atoms with Gasteiger partial charge in [-0.2, -0.15) is 0 Å². The van der Waals surface area contributed by atoms with Crippen molar-refractivity contribution in [3.8, 4) is 5.82 Å². The molecule has 0 spiro atoms. The van der Waals surface area contributed by atoms with Gasteiger partial charge in [-0.05, 0) is 23.8 Å². The van der Waals surface area contributed by atoms with Crippen LogP contribution in [-0.4, -0.2) is 20.7 Å². The van der Waals surface area contributed by atoms with Gasteiger partial charge in [0.2, 0.25) is 5.91 Å². The lowest BCUT2D eigenvalue weighted by molar-refractivity contribution is -0.115. The van der Waals surface area contributed by atoms with Crippen molar-refractivity contribution in [3.05, 3.63) is 72.3 Å². The van der Waals surface area contributed by atoms with E-state index in [1.165, 1.54) is 6.07 Å². The molecule has 0 saturated carbocycles. The van der Waals surface area contributed by atoms with Gasteiger partial charge in [-0.25, -0.2) is 14.1 Å². The van der Waals surface area contributed by atoms with Gasteiger partial charge in [0.15, 0.2) is 11.6 Å². The Morgan fingerprint density at radius 1 is 1.14 bits per heavy atom. The number of pyridine rings is 1. The van der Waals surface area contributed by atoms with Crippen molar-refractivity contribution in [2.75, 3.05) is 5.32 Å². The van der Waals surface area contributed by atoms with Crippen molar-refractivity contribution in [1.29, 1.82) is 0 Å². The van der Waals surface area contributed by atoms with Crippen molar-refractivity contribution in [2.45, 2.75) is 6.42 Å². The van der Waals surface area contributed by atoms with Crippen LogP contribution in [0.1, 0.15) is 5.56 Å². The predicted octanol–water partition coefficient (Wildman–Crippen LogP) is 2.59. The summed E-state index contributed by atoms with van der Waals surface area (Å²) in [4.78, 5) is 16.1. The fraction of sp³-hybridized carbons (Fsp3) is 0.0625. The fourth-order valence-electron chi connectivity index (χ4n) is 2.01. The first-order chi connectivity index (χ1) is 10.7. The monoisotopic (exact) mass is 296 g/mol. The third kappa shape index (κ3) is 3.17. The molecule has 110 valence electrons. The molecule has 0 radical (unpaired) electrons. The fourth-order valence-corrected chi connectivity index (χ4v) is 2.01. The molecule has 0 atom stereocenters. The van der Waals surface area contributed by atoms with Crippen LogP contribution in [0.2, 0.25) is 0 Å². The first-order valence-corrected chi connectivity index (χ1v) is 6.73. The van der Waals surface area contributed by atoms with Gasteiger partial charge in [0.05, 0.1) is 6.42 Å². The van der Waals surface area contributed by atoms with Crippen LogP contribution in [0.4, 0.5) is 10.2 Å². The second kappa shape index (κ2) is 6.17. The maximum Gasteiger partial charge on any atom is 0.230 e. The zero-order valence-corrected chi connectivity index (χ0v) is 11.6. The number of hydrogen-bond acceptors (Lipinski definition) is 3. The molecule has 0 aliphatic heterocycles. The van der Waals surface area contributed by atoms with Crippen molar-refractivity contribution < 1.29 is 9.18 Å². The Morgan fingerprint density at radius 2 is 1.95 bits per heavy atom. The van der Waals surface area contributed by atoms with E-state index in [-0.39, 0.29) is 12.3 Å². The molecule has 2 heterocycles. The summed E-state index contributed by atoms with van der Waals surface area (Å²) in [6.07, 6.45) is 3.32. The summed E-state index contributed by atoms with van der Waals surface area (Å²) in [7, 11) is 0. The summed E-state index contributed by atoms with van der Waals surface area (Å²) < 4.78 is 15.1. The van der Waals surface area contributed by atoms with Crippen LogP contribution in [0.5, 0.6) is 0 Å². The molecular weight excluding hydrogens is 283 g/mol. The minimum atomic E-state index is -0.392. The van der Waals surface area contributed by atoms with Crippen molar-refractivity contribution in [3.63, 3.8) is 0 Å². The van der Waals surface area contributed by atoms with Crippen LogP contribution in [0.25, 0.3) is 5.82 Å². The number of anilines is 1. The molecule has 1 aromatic carbocycles. The smallest absolute Gasteiger partial charge is 0.230 e. The molecule has 0 unspecified atom stereocenters. The van der Waals surface area contributed by atoms with Gasteiger partial charge < -0.3 is 5.32 Å². The summed E-state index contributed by atoms with van der Waals surface area (Å²) in [5.74, 6) is 0.331. The van der Waals surface area contributed by atoms with Gasteiger partial charge in [-0.3, -0.25) is 4.79 Å². The van der Waals surface area contributed by atoms with Gasteiger partial charge >= 0.3 is 0 Å². The quantitative estimate of drug-likeness (QED) is 0.805. The molecule has 0 bridgehead atoms. The summed E-state index contributed by atoms with van der Waals surface area (Å²) >= 11 is 0. The van der Waals surface area contributed by atoms with E-state index in [0.717, 1.165) is 0 Å². The van der Waals surface area contributed by atoms with Gasteiger partial charge in [0.25, 0.3) is 0 Å². The lowest BCUT2D eigenvalue weighted by atomic mass is 10.1. The highest BCUT2D eigenvalue weighted by Crippen LogP contribution is 2.10. The molecule has 22 heavy (non-hydrogen) atoms. The molecule has 0 aliphatic carbocycles. The maximum atomic E-state index is 13.5. The summed E-state index contributed by atoms with van der Waals surface area (Å²) in [5.41, 5.74) is 0.351. The van der Waals surface area contributed by atoms with Crippen LogP contribution < -0.4 is 5.32 Å². The van der Waals surface area contributed by atoms with Crippen LogP contribution in [0, 0.1) is 5.82 Å². The van der Waals surface area contributed by atoms with E-state index in [4.69, 9.17) is 0 Å². The van der Waals surface area contributed by atoms with Gasteiger partial charge in [-0.1, -0.05) is 24.3 Å².